The molecule has 4 fully saturated rings. The fourth-order valence-corrected chi connectivity index (χ4v) is 5.17. The normalized spacial score (nSPS) is 35.5. The van der Waals surface area contributed by atoms with Crippen LogP contribution < -0.4 is 5.32 Å². The Morgan fingerprint density at radius 1 is 1.18 bits per heavy atom. The Morgan fingerprint density at radius 2 is 1.82 bits per heavy atom. The molecule has 0 spiro atoms. The highest BCUT2D eigenvalue weighted by Crippen LogP contribution is 2.53. The van der Waals surface area contributed by atoms with E-state index in [0.717, 1.165) is 11.8 Å². The summed E-state index contributed by atoms with van der Waals surface area (Å²) in [7, 11) is 0. The van der Waals surface area contributed by atoms with Gasteiger partial charge in [-0.2, -0.15) is 5.10 Å². The minimum atomic E-state index is -1.06. The van der Waals surface area contributed by atoms with E-state index in [2.05, 4.69) is 10.4 Å². The highest BCUT2D eigenvalue weighted by atomic mass is 16.4. The molecule has 0 aliphatic heterocycles. The predicted molar refractivity (Wildman–Crippen MR) is 78.2 cm³/mol. The van der Waals surface area contributed by atoms with Crippen LogP contribution in [0.25, 0.3) is 0 Å². The van der Waals surface area contributed by atoms with Crippen molar-refractivity contribution in [2.75, 3.05) is 0 Å². The summed E-state index contributed by atoms with van der Waals surface area (Å²) < 4.78 is 1.26. The lowest BCUT2D eigenvalue weighted by molar-refractivity contribution is -0.125. The van der Waals surface area contributed by atoms with Crippen LogP contribution in [0.2, 0.25) is 0 Å². The Bertz CT molecular complexity index is 582. The van der Waals surface area contributed by atoms with E-state index in [-0.39, 0.29) is 24.2 Å². The maximum atomic E-state index is 12.3. The van der Waals surface area contributed by atoms with E-state index in [1.165, 1.54) is 49.0 Å². The molecule has 5 rings (SSSR count). The van der Waals surface area contributed by atoms with Gasteiger partial charge in [-0.25, -0.2) is 9.48 Å². The third-order valence-corrected chi connectivity index (χ3v) is 5.78. The van der Waals surface area contributed by atoms with Gasteiger partial charge in [0, 0.05) is 12.2 Å². The Hall–Kier alpha value is -1.85. The van der Waals surface area contributed by atoms with Crippen LogP contribution in [0.5, 0.6) is 0 Å². The van der Waals surface area contributed by atoms with Crippen molar-refractivity contribution in [3.63, 3.8) is 0 Å². The zero-order valence-electron chi connectivity index (χ0n) is 12.4. The molecular weight excluding hydrogens is 282 g/mol. The molecular formula is C16H21N3O3. The number of amides is 1. The van der Waals surface area contributed by atoms with Crippen LogP contribution >= 0.6 is 0 Å². The van der Waals surface area contributed by atoms with Crippen molar-refractivity contribution >= 4 is 11.9 Å². The van der Waals surface area contributed by atoms with Gasteiger partial charge in [0.25, 0.3) is 0 Å². The van der Waals surface area contributed by atoms with Gasteiger partial charge in [-0.3, -0.25) is 4.79 Å². The van der Waals surface area contributed by atoms with Crippen molar-refractivity contribution in [3.05, 3.63) is 18.0 Å². The van der Waals surface area contributed by atoms with E-state index < -0.39 is 5.97 Å². The quantitative estimate of drug-likeness (QED) is 0.883. The summed E-state index contributed by atoms with van der Waals surface area (Å²) in [6.07, 6.45) is 7.81. The summed E-state index contributed by atoms with van der Waals surface area (Å²) in [4.78, 5) is 23.4. The molecule has 1 amide bonds. The van der Waals surface area contributed by atoms with E-state index >= 15 is 0 Å². The number of aromatic carboxylic acids is 1. The van der Waals surface area contributed by atoms with Crippen LogP contribution in [0.4, 0.5) is 0 Å². The second kappa shape index (κ2) is 5.11. The van der Waals surface area contributed by atoms with Gasteiger partial charge in [0.2, 0.25) is 5.91 Å². The topological polar surface area (TPSA) is 84.2 Å². The number of carboxylic acids is 1. The molecule has 4 saturated carbocycles. The lowest BCUT2D eigenvalue weighted by Gasteiger charge is -2.54. The third kappa shape index (κ3) is 2.30. The molecule has 6 heteroatoms. The van der Waals surface area contributed by atoms with Crippen LogP contribution in [0, 0.1) is 23.7 Å². The molecule has 0 unspecified atom stereocenters. The summed E-state index contributed by atoms with van der Waals surface area (Å²) in [5, 5.41) is 16.2. The molecule has 1 aromatic rings. The van der Waals surface area contributed by atoms with Gasteiger partial charge in [-0.1, -0.05) is 0 Å². The molecule has 0 radical (unpaired) electrons. The summed E-state index contributed by atoms with van der Waals surface area (Å²) in [5.74, 6) is 1.82. The molecule has 0 saturated heterocycles. The SMILES string of the molecule is O=C(Cn1nccc1C(=O)O)NC1C2CC3CC(C2)CC1C3. The fraction of sp³-hybridized carbons (Fsp3) is 0.688. The molecule has 4 aliphatic carbocycles. The minimum Gasteiger partial charge on any atom is -0.477 e. The molecule has 1 heterocycles. The van der Waals surface area contributed by atoms with Crippen molar-refractivity contribution in [2.24, 2.45) is 23.7 Å². The summed E-state index contributed by atoms with van der Waals surface area (Å²) in [5.41, 5.74) is 0.0558. The molecule has 4 aliphatic rings. The zero-order chi connectivity index (χ0) is 15.3. The first-order chi connectivity index (χ1) is 10.6. The summed E-state index contributed by atoms with van der Waals surface area (Å²) >= 11 is 0. The molecule has 22 heavy (non-hydrogen) atoms. The smallest absolute Gasteiger partial charge is 0.354 e. The van der Waals surface area contributed by atoms with Gasteiger partial charge >= 0.3 is 5.97 Å². The average molecular weight is 303 g/mol. The maximum Gasteiger partial charge on any atom is 0.354 e. The number of carbonyl (C=O) groups excluding carboxylic acids is 1. The largest absolute Gasteiger partial charge is 0.477 e. The van der Waals surface area contributed by atoms with E-state index in [9.17, 15) is 9.59 Å². The highest BCUT2D eigenvalue weighted by molar-refractivity contribution is 5.86. The molecule has 6 nitrogen and oxygen atoms in total. The number of hydrogen-bond acceptors (Lipinski definition) is 3. The zero-order valence-corrected chi connectivity index (χ0v) is 12.4. The second-order valence-electron chi connectivity index (χ2n) is 7.20. The van der Waals surface area contributed by atoms with Gasteiger partial charge in [-0.05, 0) is 61.8 Å². The average Bonchev–Trinajstić information content (AvgIpc) is 2.90. The van der Waals surface area contributed by atoms with Crippen LogP contribution in [-0.2, 0) is 11.3 Å². The van der Waals surface area contributed by atoms with Gasteiger partial charge in [-0.15, -0.1) is 0 Å². The van der Waals surface area contributed by atoms with Crippen LogP contribution in [0.1, 0.15) is 42.6 Å². The van der Waals surface area contributed by atoms with E-state index in [1.807, 2.05) is 0 Å². The Labute approximate surface area is 128 Å². The van der Waals surface area contributed by atoms with Gasteiger partial charge in [0.15, 0.2) is 0 Å². The van der Waals surface area contributed by atoms with Crippen LogP contribution in [0.15, 0.2) is 12.3 Å². The van der Waals surface area contributed by atoms with Gasteiger partial charge < -0.3 is 10.4 Å². The molecule has 0 atom stereocenters. The van der Waals surface area contributed by atoms with Gasteiger partial charge in [0.1, 0.15) is 12.2 Å². The van der Waals surface area contributed by atoms with Crippen LogP contribution in [-0.4, -0.2) is 32.8 Å². The molecule has 2 N–H and O–H groups in total. The highest BCUT2D eigenvalue weighted by Gasteiger charge is 2.48. The second-order valence-corrected chi connectivity index (χ2v) is 7.20. The van der Waals surface area contributed by atoms with E-state index in [1.54, 1.807) is 0 Å². The first-order valence-corrected chi connectivity index (χ1v) is 8.14. The van der Waals surface area contributed by atoms with Crippen molar-refractivity contribution in [2.45, 2.75) is 44.7 Å². The van der Waals surface area contributed by atoms with Crippen molar-refractivity contribution in [1.29, 1.82) is 0 Å². The number of nitrogens with zero attached hydrogens (tertiary/aromatic N) is 2. The van der Waals surface area contributed by atoms with Crippen molar-refractivity contribution in [1.82, 2.24) is 15.1 Å². The molecule has 0 aromatic carbocycles. The Kier molecular flexibility index (Phi) is 3.20. The van der Waals surface area contributed by atoms with Gasteiger partial charge in [0.05, 0.1) is 0 Å². The molecule has 4 bridgehead atoms. The number of carboxylic acid groups (broad SMARTS) is 1. The summed E-state index contributed by atoms with van der Waals surface area (Å²) in [6.45, 7) is -0.0164. The van der Waals surface area contributed by atoms with E-state index in [4.69, 9.17) is 5.11 Å². The third-order valence-electron chi connectivity index (χ3n) is 5.78. The number of aromatic nitrogens is 2. The minimum absolute atomic E-state index is 0.0164. The number of hydrogen-bond donors (Lipinski definition) is 2. The Balaban J connectivity index is 1.42. The van der Waals surface area contributed by atoms with Crippen molar-refractivity contribution in [3.8, 4) is 0 Å². The number of nitrogens with one attached hydrogen (secondary N) is 1. The molecule has 1 aromatic heterocycles. The predicted octanol–water partition coefficient (Wildman–Crippen LogP) is 1.52. The lowest BCUT2D eigenvalue weighted by atomic mass is 9.54. The molecule has 118 valence electrons. The first-order valence-electron chi connectivity index (χ1n) is 8.14. The standard InChI is InChI=1S/C16H21N3O3/c20-14(8-19-13(16(21)22)1-2-17-19)18-15-11-4-9-3-10(6-11)7-12(15)5-9/h1-2,9-12,15H,3-8H2,(H,18,20)(H,21,22). The number of carbonyl (C=O) groups is 2. The Morgan fingerprint density at radius 3 is 2.41 bits per heavy atom. The number of rotatable bonds is 4. The fourth-order valence-electron chi connectivity index (χ4n) is 5.17. The first kappa shape index (κ1) is 13.8. The van der Waals surface area contributed by atoms with Crippen molar-refractivity contribution < 1.29 is 14.7 Å². The lowest BCUT2D eigenvalue weighted by Crippen LogP contribution is -2.56. The maximum absolute atomic E-state index is 12.3. The monoisotopic (exact) mass is 303 g/mol. The summed E-state index contributed by atoms with van der Waals surface area (Å²) in [6, 6.07) is 1.70. The van der Waals surface area contributed by atoms with E-state index in [0.29, 0.717) is 11.8 Å². The van der Waals surface area contributed by atoms with Crippen LogP contribution in [0.3, 0.4) is 0 Å².